The first kappa shape index (κ1) is 23.0. The van der Waals surface area contributed by atoms with Crippen LogP contribution < -0.4 is 4.74 Å². The van der Waals surface area contributed by atoms with E-state index in [1.54, 1.807) is 30.8 Å². The van der Waals surface area contributed by atoms with Gasteiger partial charge in [0.25, 0.3) is 5.91 Å². The highest BCUT2D eigenvalue weighted by molar-refractivity contribution is 8.18. The molecular weight excluding hydrogens is 426 g/mol. The number of amides is 1. The molecule has 31 heavy (non-hydrogen) atoms. The Labute approximate surface area is 192 Å². The number of hydrogen-bond acceptors (Lipinski definition) is 6. The minimum Gasteiger partial charge on any atom is -0.497 e. The molecule has 0 aliphatic carbocycles. The molecule has 7 heteroatoms. The molecule has 0 aromatic heterocycles. The van der Waals surface area contributed by atoms with Gasteiger partial charge >= 0.3 is 0 Å². The lowest BCUT2D eigenvalue weighted by Gasteiger charge is -2.22. The Kier molecular flexibility index (Phi) is 7.87. The standard InChI is InChI=1S/C24H27N3O2S2/c1-17(30-5)22(19-12-9-13-20(14-19)29-4)26(3)16-21-23(28)27(24(25-2)31-21)15-18-10-7-6-8-11-18/h6-14,16H,15H2,1-5H3/b21-16+,22-17-,25-24?. The molecule has 1 saturated heterocycles. The highest BCUT2D eigenvalue weighted by Gasteiger charge is 2.33. The summed E-state index contributed by atoms with van der Waals surface area (Å²) in [5.41, 5.74) is 3.14. The van der Waals surface area contributed by atoms with Gasteiger partial charge < -0.3 is 9.64 Å². The van der Waals surface area contributed by atoms with Crippen LogP contribution in [0.2, 0.25) is 0 Å². The number of amidine groups is 1. The second-order valence-electron chi connectivity index (χ2n) is 6.93. The van der Waals surface area contributed by atoms with Crippen molar-refractivity contribution < 1.29 is 9.53 Å². The quantitative estimate of drug-likeness (QED) is 0.534. The lowest BCUT2D eigenvalue weighted by molar-refractivity contribution is -0.122. The number of methoxy groups -OCH3 is 1. The van der Waals surface area contributed by atoms with Crippen molar-refractivity contribution in [1.82, 2.24) is 9.80 Å². The zero-order chi connectivity index (χ0) is 22.4. The molecule has 1 aliphatic rings. The monoisotopic (exact) mass is 453 g/mol. The number of nitrogens with zero attached hydrogens (tertiary/aromatic N) is 3. The zero-order valence-electron chi connectivity index (χ0n) is 18.5. The Morgan fingerprint density at radius 3 is 2.61 bits per heavy atom. The van der Waals surface area contributed by atoms with Crippen molar-refractivity contribution in [2.24, 2.45) is 4.99 Å². The van der Waals surface area contributed by atoms with E-state index < -0.39 is 0 Å². The van der Waals surface area contributed by atoms with E-state index in [0.717, 1.165) is 27.5 Å². The zero-order valence-corrected chi connectivity index (χ0v) is 20.1. The maximum Gasteiger partial charge on any atom is 0.268 e. The smallest absolute Gasteiger partial charge is 0.268 e. The maximum atomic E-state index is 13.2. The number of carbonyl (C=O) groups excluding carboxylic acids is 1. The summed E-state index contributed by atoms with van der Waals surface area (Å²) in [6, 6.07) is 17.9. The number of ether oxygens (including phenoxy) is 1. The Bertz CT molecular complexity index is 1030. The van der Waals surface area contributed by atoms with E-state index in [4.69, 9.17) is 4.74 Å². The molecule has 2 aromatic carbocycles. The van der Waals surface area contributed by atoms with Crippen molar-refractivity contribution in [3.63, 3.8) is 0 Å². The third kappa shape index (κ3) is 5.35. The van der Waals surface area contributed by atoms with Crippen LogP contribution in [-0.2, 0) is 11.3 Å². The lowest BCUT2D eigenvalue weighted by atomic mass is 10.1. The van der Waals surface area contributed by atoms with Crippen molar-refractivity contribution in [1.29, 1.82) is 0 Å². The average Bonchev–Trinajstić information content (AvgIpc) is 3.09. The normalized spacial score (nSPS) is 17.3. The molecule has 0 N–H and O–H groups in total. The van der Waals surface area contributed by atoms with E-state index in [-0.39, 0.29) is 5.91 Å². The van der Waals surface area contributed by atoms with E-state index in [9.17, 15) is 4.79 Å². The van der Waals surface area contributed by atoms with Crippen LogP contribution in [-0.4, -0.2) is 48.3 Å². The Morgan fingerprint density at radius 2 is 1.97 bits per heavy atom. The number of allylic oxidation sites excluding steroid dienone is 1. The number of rotatable bonds is 7. The van der Waals surface area contributed by atoms with Gasteiger partial charge in [-0.25, -0.2) is 0 Å². The molecule has 0 unspecified atom stereocenters. The van der Waals surface area contributed by atoms with Crippen LogP contribution in [0.1, 0.15) is 18.1 Å². The molecule has 0 radical (unpaired) electrons. The Balaban J connectivity index is 1.92. The van der Waals surface area contributed by atoms with Crippen LogP contribution in [0.15, 0.2) is 75.6 Å². The van der Waals surface area contributed by atoms with Crippen LogP contribution >= 0.6 is 23.5 Å². The molecular formula is C24H27N3O2S2. The molecule has 1 amide bonds. The fraction of sp³-hybridized carbons (Fsp3) is 0.250. The maximum absolute atomic E-state index is 13.2. The van der Waals surface area contributed by atoms with E-state index in [2.05, 4.69) is 24.2 Å². The summed E-state index contributed by atoms with van der Waals surface area (Å²) in [7, 11) is 5.36. The van der Waals surface area contributed by atoms with Crippen LogP contribution in [0.4, 0.5) is 0 Å². The molecule has 3 rings (SSSR count). The van der Waals surface area contributed by atoms with E-state index in [0.29, 0.717) is 16.6 Å². The highest BCUT2D eigenvalue weighted by atomic mass is 32.2. The van der Waals surface area contributed by atoms with Crippen LogP contribution in [0.25, 0.3) is 5.70 Å². The van der Waals surface area contributed by atoms with Gasteiger partial charge in [-0.05, 0) is 42.6 Å². The second kappa shape index (κ2) is 10.6. The number of carbonyl (C=O) groups is 1. The fourth-order valence-electron chi connectivity index (χ4n) is 3.33. The summed E-state index contributed by atoms with van der Waals surface area (Å²) < 4.78 is 5.40. The summed E-state index contributed by atoms with van der Waals surface area (Å²) in [6.45, 7) is 2.58. The van der Waals surface area contributed by atoms with Gasteiger partial charge in [-0.2, -0.15) is 0 Å². The first-order chi connectivity index (χ1) is 15.0. The van der Waals surface area contributed by atoms with Gasteiger partial charge in [0.1, 0.15) is 5.75 Å². The van der Waals surface area contributed by atoms with Crippen molar-refractivity contribution in [2.45, 2.75) is 13.5 Å². The van der Waals surface area contributed by atoms with Crippen molar-refractivity contribution >= 4 is 40.3 Å². The van der Waals surface area contributed by atoms with E-state index in [1.807, 2.05) is 66.7 Å². The van der Waals surface area contributed by atoms with Gasteiger partial charge in [-0.3, -0.25) is 14.7 Å². The highest BCUT2D eigenvalue weighted by Crippen LogP contribution is 2.35. The molecule has 1 heterocycles. The van der Waals surface area contributed by atoms with Crippen LogP contribution in [0.5, 0.6) is 5.75 Å². The second-order valence-corrected chi connectivity index (χ2v) is 8.96. The number of thioether (sulfide) groups is 2. The van der Waals surface area contributed by atoms with Gasteiger partial charge in [0, 0.05) is 30.8 Å². The largest absolute Gasteiger partial charge is 0.497 e. The van der Waals surface area contributed by atoms with E-state index in [1.165, 1.54) is 11.8 Å². The summed E-state index contributed by atoms with van der Waals surface area (Å²) in [5, 5.41) is 0.710. The van der Waals surface area contributed by atoms with Gasteiger partial charge in [-0.1, -0.05) is 42.5 Å². The van der Waals surface area contributed by atoms with Gasteiger partial charge in [0.05, 0.1) is 24.3 Å². The number of hydrogen-bond donors (Lipinski definition) is 0. The molecule has 2 aromatic rings. The topological polar surface area (TPSA) is 45.1 Å². The van der Waals surface area contributed by atoms with Gasteiger partial charge in [0.15, 0.2) is 5.17 Å². The summed E-state index contributed by atoms with van der Waals surface area (Å²) in [4.78, 5) is 23.1. The molecule has 162 valence electrons. The predicted octanol–water partition coefficient (Wildman–Crippen LogP) is 5.28. The lowest BCUT2D eigenvalue weighted by Crippen LogP contribution is -2.28. The minimum absolute atomic E-state index is 0.0342. The van der Waals surface area contributed by atoms with Gasteiger partial charge in [0.2, 0.25) is 0 Å². The molecule has 0 spiro atoms. The van der Waals surface area contributed by atoms with Crippen LogP contribution in [0.3, 0.4) is 0 Å². The number of benzene rings is 2. The molecule has 1 aliphatic heterocycles. The Morgan fingerprint density at radius 1 is 1.23 bits per heavy atom. The summed E-state index contributed by atoms with van der Waals surface area (Å²) in [5.74, 6) is 0.763. The third-order valence-electron chi connectivity index (χ3n) is 4.91. The first-order valence-corrected chi connectivity index (χ1v) is 11.9. The summed E-state index contributed by atoms with van der Waals surface area (Å²) >= 11 is 3.08. The van der Waals surface area contributed by atoms with Crippen molar-refractivity contribution in [3.05, 3.63) is 81.7 Å². The summed E-state index contributed by atoms with van der Waals surface area (Å²) in [6.07, 6.45) is 3.95. The Hall–Kier alpha value is -2.64. The van der Waals surface area contributed by atoms with Crippen molar-refractivity contribution in [3.8, 4) is 5.75 Å². The molecule has 5 nitrogen and oxygen atoms in total. The van der Waals surface area contributed by atoms with Crippen LogP contribution in [0, 0.1) is 0 Å². The third-order valence-corrected chi connectivity index (χ3v) is 6.80. The fourth-order valence-corrected chi connectivity index (χ4v) is 4.74. The molecule has 0 bridgehead atoms. The predicted molar refractivity (Wildman–Crippen MR) is 133 cm³/mol. The molecule has 1 fully saturated rings. The number of aliphatic imine (C=N–C) groups is 1. The first-order valence-electron chi connectivity index (χ1n) is 9.82. The van der Waals surface area contributed by atoms with Gasteiger partial charge in [-0.15, -0.1) is 11.8 Å². The van der Waals surface area contributed by atoms with E-state index >= 15 is 0 Å². The van der Waals surface area contributed by atoms with Crippen molar-refractivity contribution in [2.75, 3.05) is 27.5 Å². The minimum atomic E-state index is -0.0342. The average molecular weight is 454 g/mol. The molecule has 0 saturated carbocycles. The molecule has 0 atom stereocenters. The SMILES string of the molecule is CN=C1S/C(=C/N(C)/C(=C(/C)SC)c2cccc(OC)c2)C(=O)N1Cc1ccccc1.